The molecule has 1 aliphatic heterocycles. The van der Waals surface area contributed by atoms with E-state index in [-0.39, 0.29) is 0 Å². The zero-order chi connectivity index (χ0) is 17.3. The van der Waals surface area contributed by atoms with Crippen LogP contribution in [0.25, 0.3) is 0 Å². The fourth-order valence-electron chi connectivity index (χ4n) is 3.35. The number of hydrogen-bond acceptors (Lipinski definition) is 2. The van der Waals surface area contributed by atoms with Crippen LogP contribution in [-0.2, 0) is 5.41 Å². The minimum absolute atomic E-state index is 0.392. The molecule has 1 atom stereocenters. The van der Waals surface area contributed by atoms with Crippen molar-refractivity contribution in [1.82, 2.24) is 0 Å². The second kappa shape index (κ2) is 6.41. The Labute approximate surface area is 156 Å². The summed E-state index contributed by atoms with van der Waals surface area (Å²) >= 11 is 3.51. The third-order valence-electron chi connectivity index (χ3n) is 4.71. The third kappa shape index (κ3) is 2.75. The van der Waals surface area contributed by atoms with Crippen molar-refractivity contribution in [1.29, 1.82) is 0 Å². The van der Waals surface area contributed by atoms with Gasteiger partial charge < -0.3 is 0 Å². The smallest absolute Gasteiger partial charge is 0.0866 e. The Bertz CT molecular complexity index is 944. The third-order valence-corrected chi connectivity index (χ3v) is 5.24. The van der Waals surface area contributed by atoms with Crippen molar-refractivity contribution in [3.05, 3.63) is 106 Å². The maximum Gasteiger partial charge on any atom is 0.0866 e. The van der Waals surface area contributed by atoms with E-state index in [1.165, 1.54) is 5.56 Å². The Morgan fingerprint density at radius 3 is 1.68 bits per heavy atom. The predicted octanol–water partition coefficient (Wildman–Crippen LogP) is 5.61. The topological polar surface area (TPSA) is 24.7 Å². The number of rotatable bonds is 3. The fourth-order valence-corrected chi connectivity index (χ4v) is 3.62. The molecule has 3 aromatic carbocycles. The largest absolute Gasteiger partial charge is 0.153 e. The molecule has 0 saturated heterocycles. The van der Waals surface area contributed by atoms with Gasteiger partial charge in [0.05, 0.1) is 16.8 Å². The molecule has 0 spiro atoms. The molecule has 1 unspecified atom stereocenters. The van der Waals surface area contributed by atoms with Crippen molar-refractivity contribution in [3.8, 4) is 0 Å². The van der Waals surface area contributed by atoms with Gasteiger partial charge in [0.1, 0.15) is 0 Å². The van der Waals surface area contributed by atoms with Gasteiger partial charge in [-0.05, 0) is 35.7 Å². The summed E-state index contributed by atoms with van der Waals surface area (Å²) in [4.78, 5) is 0. The summed E-state index contributed by atoms with van der Waals surface area (Å²) < 4.78 is 1.06. The molecule has 0 fully saturated rings. The van der Waals surface area contributed by atoms with Gasteiger partial charge in [0.2, 0.25) is 0 Å². The van der Waals surface area contributed by atoms with Crippen LogP contribution in [0.4, 0.5) is 0 Å². The van der Waals surface area contributed by atoms with Gasteiger partial charge in [-0.25, -0.2) is 0 Å². The van der Waals surface area contributed by atoms with Crippen LogP contribution < -0.4 is 0 Å². The van der Waals surface area contributed by atoms with Crippen LogP contribution in [0.3, 0.4) is 0 Å². The van der Waals surface area contributed by atoms with Gasteiger partial charge in [-0.3, -0.25) is 0 Å². The lowest BCUT2D eigenvalue weighted by Gasteiger charge is -2.29. The molecule has 25 heavy (non-hydrogen) atoms. The average Bonchev–Trinajstić information content (AvgIpc) is 3.02. The highest BCUT2D eigenvalue weighted by Gasteiger charge is 2.43. The fraction of sp³-hybridized carbons (Fsp3) is 0.0909. The molecule has 3 aromatic rings. The van der Waals surface area contributed by atoms with Gasteiger partial charge in [0.25, 0.3) is 0 Å². The normalized spacial score (nSPS) is 19.4. The molecule has 0 aromatic heterocycles. The summed E-state index contributed by atoms with van der Waals surface area (Å²) in [5.74, 6) is 0. The molecule has 4 rings (SSSR count). The lowest BCUT2D eigenvalue weighted by Crippen LogP contribution is -2.39. The van der Waals surface area contributed by atoms with Crippen molar-refractivity contribution in [2.45, 2.75) is 12.3 Å². The molecule has 2 nitrogen and oxygen atoms in total. The highest BCUT2D eigenvalue weighted by Crippen LogP contribution is 2.37. The second-order valence-electron chi connectivity index (χ2n) is 6.26. The summed E-state index contributed by atoms with van der Waals surface area (Å²) in [7, 11) is 0. The van der Waals surface area contributed by atoms with E-state index in [1.54, 1.807) is 0 Å². The standard InChI is InChI=1S/C22H17BrN2/c1-22(18-10-6-3-7-11-18)20(16-8-4-2-5-9-16)24-25-21(22)17-12-14-19(23)15-13-17/h2-15H,1H3. The first-order valence-electron chi connectivity index (χ1n) is 8.23. The lowest BCUT2D eigenvalue weighted by atomic mass is 9.70. The summed E-state index contributed by atoms with van der Waals surface area (Å²) in [6, 6.07) is 29.1. The first-order valence-corrected chi connectivity index (χ1v) is 9.02. The van der Waals surface area contributed by atoms with Crippen LogP contribution in [0, 0.1) is 0 Å². The summed E-state index contributed by atoms with van der Waals surface area (Å²) in [5, 5.41) is 9.22. The van der Waals surface area contributed by atoms with Crippen LogP contribution in [-0.4, -0.2) is 11.4 Å². The molecule has 0 bridgehead atoms. The molecule has 0 saturated carbocycles. The van der Waals surface area contributed by atoms with Crippen LogP contribution in [0.2, 0.25) is 0 Å². The minimum Gasteiger partial charge on any atom is -0.153 e. The van der Waals surface area contributed by atoms with E-state index in [0.29, 0.717) is 0 Å². The number of halogens is 1. The number of hydrogen-bond donors (Lipinski definition) is 0. The first kappa shape index (κ1) is 16.0. The van der Waals surface area contributed by atoms with E-state index in [1.807, 2.05) is 36.4 Å². The molecular weight excluding hydrogens is 372 g/mol. The van der Waals surface area contributed by atoms with Crippen molar-refractivity contribution < 1.29 is 0 Å². The van der Waals surface area contributed by atoms with Gasteiger partial charge in [-0.1, -0.05) is 88.7 Å². The summed E-state index contributed by atoms with van der Waals surface area (Å²) in [6.07, 6.45) is 0. The van der Waals surface area contributed by atoms with Gasteiger partial charge in [-0.2, -0.15) is 10.2 Å². The lowest BCUT2D eigenvalue weighted by molar-refractivity contribution is 0.880. The molecule has 0 amide bonds. The molecule has 0 radical (unpaired) electrons. The number of nitrogens with zero attached hydrogens (tertiary/aromatic N) is 2. The molecule has 122 valence electrons. The molecule has 0 N–H and O–H groups in total. The Balaban J connectivity index is 1.88. The van der Waals surface area contributed by atoms with Crippen LogP contribution >= 0.6 is 15.9 Å². The quantitative estimate of drug-likeness (QED) is 0.556. The minimum atomic E-state index is -0.392. The van der Waals surface area contributed by atoms with E-state index in [0.717, 1.165) is 27.0 Å². The number of benzene rings is 3. The van der Waals surface area contributed by atoms with Crippen LogP contribution in [0.15, 0.2) is 99.6 Å². The molecule has 1 heterocycles. The van der Waals surface area contributed by atoms with Gasteiger partial charge >= 0.3 is 0 Å². The van der Waals surface area contributed by atoms with E-state index in [2.05, 4.69) is 81.6 Å². The highest BCUT2D eigenvalue weighted by atomic mass is 79.9. The molecule has 0 aliphatic carbocycles. The molecular formula is C22H17BrN2. The molecule has 1 aliphatic rings. The average molecular weight is 389 g/mol. The van der Waals surface area contributed by atoms with Crippen LogP contribution in [0.5, 0.6) is 0 Å². The van der Waals surface area contributed by atoms with Gasteiger partial charge in [0, 0.05) is 4.47 Å². The van der Waals surface area contributed by atoms with E-state index >= 15 is 0 Å². The molecule has 3 heteroatoms. The van der Waals surface area contributed by atoms with Crippen LogP contribution in [0.1, 0.15) is 23.6 Å². The Kier molecular flexibility index (Phi) is 4.10. The highest BCUT2D eigenvalue weighted by molar-refractivity contribution is 9.10. The van der Waals surface area contributed by atoms with E-state index in [9.17, 15) is 0 Å². The SMILES string of the molecule is CC1(c2ccccc2)C(c2ccccc2)=NN=C1c1ccc(Br)cc1. The van der Waals surface area contributed by atoms with Crippen molar-refractivity contribution in [2.24, 2.45) is 10.2 Å². The monoisotopic (exact) mass is 388 g/mol. The maximum absolute atomic E-state index is 4.61. The van der Waals surface area contributed by atoms with E-state index < -0.39 is 5.41 Å². The predicted molar refractivity (Wildman–Crippen MR) is 107 cm³/mol. The maximum atomic E-state index is 4.61. The van der Waals surface area contributed by atoms with Crippen molar-refractivity contribution in [2.75, 3.05) is 0 Å². The Hall–Kier alpha value is -2.52. The summed E-state index contributed by atoms with van der Waals surface area (Å²) in [6.45, 7) is 2.21. The Morgan fingerprint density at radius 2 is 1.12 bits per heavy atom. The summed E-state index contributed by atoms with van der Waals surface area (Å²) in [5.41, 5.74) is 4.95. The zero-order valence-electron chi connectivity index (χ0n) is 13.9. The van der Waals surface area contributed by atoms with Gasteiger partial charge in [-0.15, -0.1) is 0 Å². The van der Waals surface area contributed by atoms with E-state index in [4.69, 9.17) is 0 Å². The zero-order valence-corrected chi connectivity index (χ0v) is 15.4. The Morgan fingerprint density at radius 1 is 0.640 bits per heavy atom. The second-order valence-corrected chi connectivity index (χ2v) is 7.18. The first-order chi connectivity index (χ1) is 12.2. The van der Waals surface area contributed by atoms with Crippen molar-refractivity contribution >= 4 is 27.4 Å². The van der Waals surface area contributed by atoms with Crippen molar-refractivity contribution in [3.63, 3.8) is 0 Å². The van der Waals surface area contributed by atoms with Gasteiger partial charge in [0.15, 0.2) is 0 Å².